The van der Waals surface area contributed by atoms with Gasteiger partial charge in [-0.05, 0) is 12.8 Å². The lowest BCUT2D eigenvalue weighted by Gasteiger charge is -2.27. The average molecular weight is 207 g/mol. The van der Waals surface area contributed by atoms with Gasteiger partial charge in [-0.1, -0.05) is 6.42 Å². The van der Waals surface area contributed by atoms with Gasteiger partial charge in [0.1, 0.15) is 5.75 Å². The van der Waals surface area contributed by atoms with E-state index in [1.165, 1.54) is 19.3 Å². The van der Waals surface area contributed by atoms with Gasteiger partial charge in [-0.2, -0.15) is 0 Å². The van der Waals surface area contributed by atoms with E-state index >= 15 is 0 Å². The average Bonchev–Trinajstić information content (AvgIpc) is 2.31. The molecule has 0 atom stereocenters. The van der Waals surface area contributed by atoms with Crippen LogP contribution >= 0.6 is 0 Å². The van der Waals surface area contributed by atoms with Crippen LogP contribution in [-0.2, 0) is 0 Å². The molecule has 15 heavy (non-hydrogen) atoms. The van der Waals surface area contributed by atoms with Crippen molar-refractivity contribution in [2.45, 2.75) is 19.3 Å². The highest BCUT2D eigenvalue weighted by atomic mass is 16.5. The van der Waals surface area contributed by atoms with Gasteiger partial charge in [0.05, 0.1) is 25.2 Å². The van der Waals surface area contributed by atoms with Crippen molar-refractivity contribution in [2.24, 2.45) is 0 Å². The summed E-state index contributed by atoms with van der Waals surface area (Å²) in [5, 5.41) is 2.24. The minimum atomic E-state index is 0.789. The number of nitrogens with zero attached hydrogens (tertiary/aromatic N) is 2. The SMILES string of the molecule is COc1cncc(NN2CCCCC2)c1. The Morgan fingerprint density at radius 2 is 2.07 bits per heavy atom. The van der Waals surface area contributed by atoms with Crippen molar-refractivity contribution in [1.82, 2.24) is 9.99 Å². The maximum Gasteiger partial charge on any atom is 0.139 e. The zero-order valence-electron chi connectivity index (χ0n) is 9.07. The Labute approximate surface area is 90.2 Å². The quantitative estimate of drug-likeness (QED) is 0.821. The van der Waals surface area contributed by atoms with E-state index in [9.17, 15) is 0 Å². The van der Waals surface area contributed by atoms with E-state index in [1.54, 1.807) is 13.3 Å². The molecule has 82 valence electrons. The Bertz CT molecular complexity index is 310. The van der Waals surface area contributed by atoms with Gasteiger partial charge >= 0.3 is 0 Å². The van der Waals surface area contributed by atoms with Crippen LogP contribution in [0.15, 0.2) is 18.5 Å². The zero-order chi connectivity index (χ0) is 10.5. The van der Waals surface area contributed by atoms with Crippen molar-refractivity contribution in [3.8, 4) is 5.75 Å². The van der Waals surface area contributed by atoms with Gasteiger partial charge in [-0.25, -0.2) is 5.01 Å². The molecule has 1 aliphatic rings. The first-order valence-electron chi connectivity index (χ1n) is 5.39. The van der Waals surface area contributed by atoms with E-state index in [-0.39, 0.29) is 0 Å². The molecule has 4 nitrogen and oxygen atoms in total. The summed E-state index contributed by atoms with van der Waals surface area (Å²) in [6.45, 7) is 2.22. The summed E-state index contributed by atoms with van der Waals surface area (Å²) in [5.74, 6) is 0.789. The normalized spacial score (nSPS) is 17.4. The first-order valence-corrected chi connectivity index (χ1v) is 5.39. The molecule has 0 radical (unpaired) electrons. The third kappa shape index (κ3) is 2.83. The number of hydrogen-bond acceptors (Lipinski definition) is 4. The lowest BCUT2D eigenvalue weighted by Crippen LogP contribution is -2.34. The summed E-state index contributed by atoms with van der Waals surface area (Å²) >= 11 is 0. The third-order valence-corrected chi connectivity index (χ3v) is 2.59. The molecule has 0 spiro atoms. The van der Waals surface area contributed by atoms with Crippen LogP contribution in [0.2, 0.25) is 0 Å². The number of pyridine rings is 1. The van der Waals surface area contributed by atoms with Gasteiger partial charge in [0, 0.05) is 19.2 Å². The predicted octanol–water partition coefficient (Wildman–Crippen LogP) is 1.90. The molecule has 1 aromatic heterocycles. The fraction of sp³-hybridized carbons (Fsp3) is 0.545. The van der Waals surface area contributed by atoms with E-state index < -0.39 is 0 Å². The fourth-order valence-electron chi connectivity index (χ4n) is 1.78. The Hall–Kier alpha value is -1.29. The largest absolute Gasteiger partial charge is 0.495 e. The first kappa shape index (κ1) is 10.2. The van der Waals surface area contributed by atoms with Gasteiger partial charge in [-0.3, -0.25) is 4.98 Å². The minimum Gasteiger partial charge on any atom is -0.495 e. The second-order valence-electron chi connectivity index (χ2n) is 3.77. The van der Waals surface area contributed by atoms with Crippen molar-refractivity contribution in [2.75, 3.05) is 25.6 Å². The lowest BCUT2D eigenvalue weighted by molar-refractivity contribution is 0.273. The summed E-state index contributed by atoms with van der Waals surface area (Å²) in [4.78, 5) is 4.11. The number of methoxy groups -OCH3 is 1. The smallest absolute Gasteiger partial charge is 0.139 e. The highest BCUT2D eigenvalue weighted by molar-refractivity contribution is 5.44. The molecule has 0 saturated carbocycles. The molecule has 0 bridgehead atoms. The molecule has 0 amide bonds. The zero-order valence-corrected chi connectivity index (χ0v) is 9.07. The third-order valence-electron chi connectivity index (χ3n) is 2.59. The molecular weight excluding hydrogens is 190 g/mol. The molecule has 1 N–H and O–H groups in total. The van der Waals surface area contributed by atoms with Crippen LogP contribution in [0.1, 0.15) is 19.3 Å². The van der Waals surface area contributed by atoms with Gasteiger partial charge < -0.3 is 10.2 Å². The van der Waals surface area contributed by atoms with Gasteiger partial charge in [0.15, 0.2) is 0 Å². The van der Waals surface area contributed by atoms with Crippen LogP contribution in [0.3, 0.4) is 0 Å². The molecule has 1 aromatic rings. The topological polar surface area (TPSA) is 37.4 Å². The number of nitrogens with one attached hydrogen (secondary N) is 1. The first-order chi connectivity index (χ1) is 7.38. The summed E-state index contributed by atoms with van der Waals surface area (Å²) in [6.07, 6.45) is 7.40. The molecule has 4 heteroatoms. The highest BCUT2D eigenvalue weighted by Gasteiger charge is 2.09. The van der Waals surface area contributed by atoms with Crippen molar-refractivity contribution in [3.05, 3.63) is 18.5 Å². The summed E-state index contributed by atoms with van der Waals surface area (Å²) in [6, 6.07) is 1.96. The Kier molecular flexibility index (Phi) is 3.40. The van der Waals surface area contributed by atoms with E-state index in [0.29, 0.717) is 0 Å². The number of piperidine rings is 1. The van der Waals surface area contributed by atoms with Crippen LogP contribution in [0.25, 0.3) is 0 Å². The van der Waals surface area contributed by atoms with E-state index in [2.05, 4.69) is 15.4 Å². The molecule has 2 heterocycles. The number of hydrazine groups is 1. The molecular formula is C11H17N3O. The number of anilines is 1. The van der Waals surface area contributed by atoms with Crippen LogP contribution < -0.4 is 10.2 Å². The van der Waals surface area contributed by atoms with Crippen LogP contribution in [-0.4, -0.2) is 30.2 Å². The second-order valence-corrected chi connectivity index (χ2v) is 3.77. The second kappa shape index (κ2) is 4.98. The van der Waals surface area contributed by atoms with Crippen molar-refractivity contribution in [3.63, 3.8) is 0 Å². The highest BCUT2D eigenvalue weighted by Crippen LogP contribution is 2.17. The van der Waals surface area contributed by atoms with Crippen molar-refractivity contribution >= 4 is 5.69 Å². The Morgan fingerprint density at radius 1 is 1.27 bits per heavy atom. The lowest BCUT2D eigenvalue weighted by atomic mass is 10.2. The molecule has 0 aliphatic carbocycles. The van der Waals surface area contributed by atoms with Crippen LogP contribution in [0.5, 0.6) is 5.75 Å². The summed E-state index contributed by atoms with van der Waals surface area (Å²) in [5.41, 5.74) is 4.34. The molecule has 1 aliphatic heterocycles. The van der Waals surface area contributed by atoms with Gasteiger partial charge in [-0.15, -0.1) is 0 Å². The summed E-state index contributed by atoms with van der Waals surface area (Å²) < 4.78 is 5.12. The molecule has 2 rings (SSSR count). The number of aromatic nitrogens is 1. The summed E-state index contributed by atoms with van der Waals surface area (Å²) in [7, 11) is 1.65. The molecule has 1 fully saturated rings. The maximum absolute atomic E-state index is 5.12. The Morgan fingerprint density at radius 3 is 2.80 bits per heavy atom. The molecule has 0 aromatic carbocycles. The minimum absolute atomic E-state index is 0.789. The van der Waals surface area contributed by atoms with Crippen LogP contribution in [0.4, 0.5) is 5.69 Å². The molecule has 0 unspecified atom stereocenters. The molecule has 1 saturated heterocycles. The number of ether oxygens (including phenoxy) is 1. The monoisotopic (exact) mass is 207 g/mol. The fourth-order valence-corrected chi connectivity index (χ4v) is 1.78. The van der Waals surface area contributed by atoms with Crippen LogP contribution in [0, 0.1) is 0 Å². The predicted molar refractivity (Wildman–Crippen MR) is 59.8 cm³/mol. The van der Waals surface area contributed by atoms with Crippen molar-refractivity contribution < 1.29 is 4.74 Å². The van der Waals surface area contributed by atoms with E-state index in [1.807, 2.05) is 12.3 Å². The van der Waals surface area contributed by atoms with E-state index in [4.69, 9.17) is 4.74 Å². The van der Waals surface area contributed by atoms with Crippen molar-refractivity contribution in [1.29, 1.82) is 0 Å². The van der Waals surface area contributed by atoms with Gasteiger partial charge in [0.25, 0.3) is 0 Å². The number of rotatable bonds is 3. The maximum atomic E-state index is 5.12. The van der Waals surface area contributed by atoms with Gasteiger partial charge in [0.2, 0.25) is 0 Å². The standard InChI is InChI=1S/C11H17N3O/c1-15-11-7-10(8-12-9-11)13-14-5-3-2-4-6-14/h7-9,13H,2-6H2,1H3. The number of hydrogen-bond donors (Lipinski definition) is 1. The van der Waals surface area contributed by atoms with E-state index in [0.717, 1.165) is 24.5 Å². The Balaban J connectivity index is 1.96.